The van der Waals surface area contributed by atoms with Gasteiger partial charge in [0.25, 0.3) is 0 Å². The summed E-state index contributed by atoms with van der Waals surface area (Å²) < 4.78 is 2.41. The van der Waals surface area contributed by atoms with E-state index in [4.69, 9.17) is 0 Å². The summed E-state index contributed by atoms with van der Waals surface area (Å²) in [7, 11) is 0. The molecule has 0 aromatic heterocycles. The Labute approximate surface area is 103 Å². The molecule has 1 aromatic carbocycles. The molecule has 0 bridgehead atoms. The van der Waals surface area contributed by atoms with Crippen LogP contribution in [-0.4, -0.2) is 0 Å². The van der Waals surface area contributed by atoms with E-state index in [2.05, 4.69) is 58.7 Å². The average Bonchev–Trinajstić information content (AvgIpc) is 1.97. The van der Waals surface area contributed by atoms with Crippen LogP contribution in [0.25, 0.3) is 0 Å². The molecule has 0 spiro atoms. The number of benzene rings is 1. The van der Waals surface area contributed by atoms with Gasteiger partial charge in [-0.2, -0.15) is 0 Å². The minimum absolute atomic E-state index is 0. The van der Waals surface area contributed by atoms with Crippen LogP contribution < -0.4 is 0 Å². The van der Waals surface area contributed by atoms with Gasteiger partial charge in [-0.05, 0) is 37.5 Å². The minimum atomic E-state index is 0. The second kappa shape index (κ2) is 4.88. The molecule has 0 fully saturated rings. The van der Waals surface area contributed by atoms with Crippen LogP contribution >= 0.6 is 31.9 Å². The van der Waals surface area contributed by atoms with Gasteiger partial charge in [0.05, 0.1) is 0 Å². The van der Waals surface area contributed by atoms with E-state index in [0.29, 0.717) is 0 Å². The van der Waals surface area contributed by atoms with Gasteiger partial charge in [0.15, 0.2) is 0 Å². The van der Waals surface area contributed by atoms with Crippen LogP contribution in [0.15, 0.2) is 15.0 Å². The van der Waals surface area contributed by atoms with Crippen molar-refractivity contribution in [3.05, 3.63) is 31.7 Å². The topological polar surface area (TPSA) is 0 Å². The molecule has 1 aromatic rings. The van der Waals surface area contributed by atoms with Crippen LogP contribution in [0.3, 0.4) is 0 Å². The smallest absolute Gasteiger partial charge is 0.0541 e. The molecular formula is C9H10Br2Ru+2. The summed E-state index contributed by atoms with van der Waals surface area (Å²) in [4.78, 5) is 0. The summed E-state index contributed by atoms with van der Waals surface area (Å²) in [6.07, 6.45) is 0. The van der Waals surface area contributed by atoms with Crippen molar-refractivity contribution in [3.63, 3.8) is 0 Å². The predicted octanol–water partition coefficient (Wildman–Crippen LogP) is 4.13. The number of aryl methyl sites for hydroxylation is 2. The fourth-order valence-corrected chi connectivity index (χ4v) is 2.03. The van der Waals surface area contributed by atoms with Crippen molar-refractivity contribution in [1.82, 2.24) is 0 Å². The first-order valence-electron chi connectivity index (χ1n) is 3.46. The SMILES string of the molecule is Cc1cc(C)c(Br)c(C)c1Br.[Ru+2]. The summed E-state index contributed by atoms with van der Waals surface area (Å²) >= 11 is 7.07. The average molecular weight is 379 g/mol. The van der Waals surface area contributed by atoms with Crippen molar-refractivity contribution in [3.8, 4) is 0 Å². The van der Waals surface area contributed by atoms with E-state index < -0.39 is 0 Å². The standard InChI is InChI=1S/C9H10Br2.Ru/c1-5-4-6(2)9(11)7(3)8(5)10;/h4H,1-3H3;/q;+2. The van der Waals surface area contributed by atoms with E-state index in [1.807, 2.05) is 0 Å². The van der Waals surface area contributed by atoms with Gasteiger partial charge in [-0.15, -0.1) is 0 Å². The Morgan fingerprint density at radius 3 is 1.58 bits per heavy atom. The summed E-state index contributed by atoms with van der Waals surface area (Å²) in [6, 6.07) is 2.17. The van der Waals surface area contributed by atoms with Gasteiger partial charge in [0.2, 0.25) is 0 Å². The van der Waals surface area contributed by atoms with Gasteiger partial charge in [0, 0.05) is 8.95 Å². The van der Waals surface area contributed by atoms with Gasteiger partial charge >= 0.3 is 19.5 Å². The molecule has 66 valence electrons. The van der Waals surface area contributed by atoms with E-state index in [1.54, 1.807) is 0 Å². The van der Waals surface area contributed by atoms with Crippen LogP contribution in [0.1, 0.15) is 16.7 Å². The second-order valence-electron chi connectivity index (χ2n) is 2.76. The van der Waals surface area contributed by atoms with E-state index in [0.717, 1.165) is 0 Å². The minimum Gasteiger partial charge on any atom is -0.0541 e. The van der Waals surface area contributed by atoms with Crippen molar-refractivity contribution in [2.24, 2.45) is 0 Å². The molecule has 0 radical (unpaired) electrons. The Morgan fingerprint density at radius 1 is 0.917 bits per heavy atom. The fraction of sp³-hybridized carbons (Fsp3) is 0.333. The maximum absolute atomic E-state index is 3.53. The molecule has 0 nitrogen and oxygen atoms in total. The molecule has 0 aliphatic rings. The molecule has 0 atom stereocenters. The van der Waals surface area contributed by atoms with Gasteiger partial charge in [-0.3, -0.25) is 0 Å². The van der Waals surface area contributed by atoms with Gasteiger partial charge < -0.3 is 0 Å². The third-order valence-electron chi connectivity index (χ3n) is 1.78. The van der Waals surface area contributed by atoms with E-state index >= 15 is 0 Å². The fourth-order valence-electron chi connectivity index (χ4n) is 1.14. The largest absolute Gasteiger partial charge is 2.00 e. The molecule has 0 unspecified atom stereocenters. The molecule has 0 N–H and O–H groups in total. The molecule has 0 aliphatic carbocycles. The molecule has 0 amide bonds. The maximum atomic E-state index is 3.53. The predicted molar refractivity (Wildman–Crippen MR) is 56.1 cm³/mol. The normalized spacial score (nSPS) is 9.42. The second-order valence-corrected chi connectivity index (χ2v) is 4.35. The van der Waals surface area contributed by atoms with Crippen LogP contribution in [-0.2, 0) is 19.5 Å². The first-order valence-corrected chi connectivity index (χ1v) is 5.04. The molecule has 0 saturated carbocycles. The van der Waals surface area contributed by atoms with E-state index in [1.165, 1.54) is 25.6 Å². The van der Waals surface area contributed by atoms with Gasteiger partial charge in [-0.25, -0.2) is 0 Å². The Bertz CT molecular complexity index is 269. The Morgan fingerprint density at radius 2 is 1.25 bits per heavy atom. The molecule has 12 heavy (non-hydrogen) atoms. The van der Waals surface area contributed by atoms with Gasteiger partial charge in [0.1, 0.15) is 0 Å². The van der Waals surface area contributed by atoms with Crippen LogP contribution in [0.2, 0.25) is 0 Å². The Balaban J connectivity index is 0.00000121. The van der Waals surface area contributed by atoms with Crippen LogP contribution in [0.5, 0.6) is 0 Å². The first-order chi connectivity index (χ1) is 5.04. The molecule has 0 saturated heterocycles. The number of halogens is 2. The van der Waals surface area contributed by atoms with Crippen molar-refractivity contribution in [1.29, 1.82) is 0 Å². The van der Waals surface area contributed by atoms with Crippen LogP contribution in [0, 0.1) is 20.8 Å². The molecular weight excluding hydrogens is 369 g/mol. The Hall–Kier alpha value is 0.803. The third kappa shape index (κ3) is 2.40. The van der Waals surface area contributed by atoms with Gasteiger partial charge in [-0.1, -0.05) is 37.9 Å². The zero-order valence-corrected chi connectivity index (χ0v) is 12.1. The Kier molecular flexibility index (Phi) is 5.21. The summed E-state index contributed by atoms with van der Waals surface area (Å²) in [5.41, 5.74) is 3.87. The van der Waals surface area contributed by atoms with Crippen molar-refractivity contribution >= 4 is 31.9 Å². The van der Waals surface area contributed by atoms with Crippen molar-refractivity contribution in [2.45, 2.75) is 20.8 Å². The zero-order chi connectivity index (χ0) is 8.59. The van der Waals surface area contributed by atoms with E-state index in [9.17, 15) is 0 Å². The monoisotopic (exact) mass is 378 g/mol. The van der Waals surface area contributed by atoms with Crippen LogP contribution in [0.4, 0.5) is 0 Å². The first kappa shape index (κ1) is 12.8. The van der Waals surface area contributed by atoms with E-state index in [-0.39, 0.29) is 19.5 Å². The quantitative estimate of drug-likeness (QED) is 0.595. The summed E-state index contributed by atoms with van der Waals surface area (Å²) in [5, 5.41) is 0. The molecule has 0 heterocycles. The summed E-state index contributed by atoms with van der Waals surface area (Å²) in [5.74, 6) is 0. The number of rotatable bonds is 0. The van der Waals surface area contributed by atoms with Crippen molar-refractivity contribution in [2.75, 3.05) is 0 Å². The molecule has 0 aliphatic heterocycles. The maximum Gasteiger partial charge on any atom is 2.00 e. The van der Waals surface area contributed by atoms with Crippen molar-refractivity contribution < 1.29 is 19.5 Å². The third-order valence-corrected chi connectivity index (χ3v) is 4.22. The molecule has 1 rings (SSSR count). The summed E-state index contributed by atoms with van der Waals surface area (Å²) in [6.45, 7) is 6.32. The zero-order valence-electron chi connectivity index (χ0n) is 7.19. The number of hydrogen-bond donors (Lipinski definition) is 0. The molecule has 3 heteroatoms. The number of hydrogen-bond acceptors (Lipinski definition) is 0.